The molecule has 8 nitrogen and oxygen atoms in total. The van der Waals surface area contributed by atoms with E-state index in [1.165, 1.54) is 0 Å². The van der Waals surface area contributed by atoms with Gasteiger partial charge in [0.15, 0.2) is 5.82 Å². The summed E-state index contributed by atoms with van der Waals surface area (Å²) in [4.78, 5) is 19.2. The summed E-state index contributed by atoms with van der Waals surface area (Å²) in [5, 5.41) is 13.9. The van der Waals surface area contributed by atoms with Crippen LogP contribution in [0.15, 0.2) is 83.7 Å². The lowest BCUT2D eigenvalue weighted by Crippen LogP contribution is -2.37. The van der Waals surface area contributed by atoms with Crippen LogP contribution >= 0.6 is 0 Å². The number of aryl methyl sites for hydroxylation is 1. The van der Waals surface area contributed by atoms with Crippen LogP contribution in [0.2, 0.25) is 0 Å². The standard InChI is InChI=1S/C31H34N6O2/c1-21-10-9-13-24-18-26(30(38)32-27(21)24)28(29-33-34-35-37(29)31(2,3)4)36(19-22-11-7-6-8-12-22)20-23-14-16-25(39-5)17-15-23/h6-18,28H,19-20H2,1-5H3,(H,32,38)/t28-/m0/s1. The fourth-order valence-electron chi connectivity index (χ4n) is 4.97. The van der Waals surface area contributed by atoms with Crippen molar-refractivity contribution < 1.29 is 4.74 Å². The van der Waals surface area contributed by atoms with E-state index in [0.717, 1.165) is 33.3 Å². The first-order valence-electron chi connectivity index (χ1n) is 13.1. The number of nitrogens with zero attached hydrogens (tertiary/aromatic N) is 5. The van der Waals surface area contributed by atoms with Crippen LogP contribution in [0.1, 0.15) is 54.9 Å². The molecule has 5 rings (SSSR count). The highest BCUT2D eigenvalue weighted by molar-refractivity contribution is 5.82. The number of para-hydroxylation sites is 1. The second-order valence-electron chi connectivity index (χ2n) is 10.9. The lowest BCUT2D eigenvalue weighted by atomic mass is 9.99. The van der Waals surface area contributed by atoms with Crippen molar-refractivity contribution in [3.8, 4) is 5.75 Å². The maximum Gasteiger partial charge on any atom is 0.253 e. The summed E-state index contributed by atoms with van der Waals surface area (Å²) in [6.07, 6.45) is 0. The Labute approximate surface area is 228 Å². The number of methoxy groups -OCH3 is 1. The first kappa shape index (κ1) is 26.3. The maximum absolute atomic E-state index is 13.8. The summed E-state index contributed by atoms with van der Waals surface area (Å²) in [7, 11) is 1.66. The van der Waals surface area contributed by atoms with Crippen molar-refractivity contribution in [2.45, 2.75) is 52.4 Å². The minimum Gasteiger partial charge on any atom is -0.497 e. The molecule has 0 aliphatic heterocycles. The Bertz CT molecular complexity index is 1620. The van der Waals surface area contributed by atoms with Crippen molar-refractivity contribution in [2.24, 2.45) is 0 Å². The molecular weight excluding hydrogens is 488 g/mol. The third kappa shape index (κ3) is 5.61. The van der Waals surface area contributed by atoms with Gasteiger partial charge in [-0.3, -0.25) is 9.69 Å². The third-order valence-electron chi connectivity index (χ3n) is 6.92. The SMILES string of the molecule is COc1ccc(CN(Cc2ccccc2)[C@@H](c2cc3cccc(C)c3[nH]c2=O)c2nnnn2C(C)(C)C)cc1. The van der Waals surface area contributed by atoms with Crippen molar-refractivity contribution in [3.05, 3.63) is 117 Å². The molecular formula is C31H34N6O2. The minimum atomic E-state index is -0.518. The highest BCUT2D eigenvalue weighted by Gasteiger charge is 2.33. The van der Waals surface area contributed by atoms with E-state index in [-0.39, 0.29) is 5.56 Å². The average molecular weight is 523 g/mol. The van der Waals surface area contributed by atoms with E-state index >= 15 is 0 Å². The molecule has 0 fully saturated rings. The van der Waals surface area contributed by atoms with Crippen molar-refractivity contribution in [3.63, 3.8) is 0 Å². The Kier molecular flexibility index (Phi) is 7.30. The lowest BCUT2D eigenvalue weighted by molar-refractivity contribution is 0.184. The molecule has 1 N–H and O–H groups in total. The third-order valence-corrected chi connectivity index (χ3v) is 6.92. The molecule has 2 aromatic heterocycles. The molecule has 0 unspecified atom stereocenters. The van der Waals surface area contributed by atoms with Gasteiger partial charge in [0.05, 0.1) is 18.2 Å². The monoisotopic (exact) mass is 522 g/mol. The molecule has 8 heteroatoms. The molecule has 0 radical (unpaired) electrons. The normalized spacial score (nSPS) is 12.7. The van der Waals surface area contributed by atoms with E-state index in [4.69, 9.17) is 4.74 Å². The number of nitrogens with one attached hydrogen (secondary N) is 1. The summed E-state index contributed by atoms with van der Waals surface area (Å²) in [5.74, 6) is 1.41. The van der Waals surface area contributed by atoms with Crippen molar-refractivity contribution in [2.75, 3.05) is 7.11 Å². The van der Waals surface area contributed by atoms with Crippen LogP contribution in [-0.2, 0) is 18.6 Å². The molecule has 2 heterocycles. The largest absolute Gasteiger partial charge is 0.497 e. The number of hydrogen-bond donors (Lipinski definition) is 1. The van der Waals surface area contributed by atoms with Crippen LogP contribution < -0.4 is 10.3 Å². The fourth-order valence-corrected chi connectivity index (χ4v) is 4.97. The summed E-state index contributed by atoms with van der Waals surface area (Å²) in [5.41, 5.74) is 4.11. The molecule has 5 aromatic rings. The van der Waals surface area contributed by atoms with Gasteiger partial charge in [0.25, 0.3) is 5.56 Å². The van der Waals surface area contributed by atoms with E-state index < -0.39 is 11.6 Å². The Morgan fingerprint density at radius 1 is 0.949 bits per heavy atom. The Hall–Kier alpha value is -4.30. The zero-order valence-electron chi connectivity index (χ0n) is 23.0. The minimum absolute atomic E-state index is 0.155. The molecule has 0 aliphatic carbocycles. The molecule has 39 heavy (non-hydrogen) atoms. The number of ether oxygens (including phenoxy) is 1. The van der Waals surface area contributed by atoms with Crippen LogP contribution in [0.3, 0.4) is 0 Å². The smallest absolute Gasteiger partial charge is 0.253 e. The number of aromatic amines is 1. The summed E-state index contributed by atoms with van der Waals surface area (Å²) >= 11 is 0. The Balaban J connectivity index is 1.72. The van der Waals surface area contributed by atoms with Gasteiger partial charge in [-0.2, -0.15) is 0 Å². The number of benzene rings is 3. The van der Waals surface area contributed by atoms with Crippen LogP contribution in [0.4, 0.5) is 0 Å². The van der Waals surface area contributed by atoms with E-state index in [1.807, 2.05) is 66.2 Å². The van der Waals surface area contributed by atoms with Crippen LogP contribution in [-0.4, -0.2) is 37.2 Å². The highest BCUT2D eigenvalue weighted by Crippen LogP contribution is 2.32. The maximum atomic E-state index is 13.8. The Morgan fingerprint density at radius 3 is 2.31 bits per heavy atom. The first-order valence-corrected chi connectivity index (χ1v) is 13.1. The molecule has 1 atom stereocenters. The van der Waals surface area contributed by atoms with E-state index in [2.05, 4.69) is 70.4 Å². The fraction of sp³-hybridized carbons (Fsp3) is 0.290. The predicted molar refractivity (Wildman–Crippen MR) is 153 cm³/mol. The predicted octanol–water partition coefficient (Wildman–Crippen LogP) is 5.38. The zero-order valence-corrected chi connectivity index (χ0v) is 23.0. The van der Waals surface area contributed by atoms with E-state index in [0.29, 0.717) is 24.5 Å². The van der Waals surface area contributed by atoms with Gasteiger partial charge in [0.2, 0.25) is 0 Å². The van der Waals surface area contributed by atoms with Gasteiger partial charge in [0.1, 0.15) is 11.8 Å². The number of H-pyrrole nitrogens is 1. The lowest BCUT2D eigenvalue weighted by Gasteiger charge is -2.33. The van der Waals surface area contributed by atoms with Gasteiger partial charge in [-0.25, -0.2) is 4.68 Å². The van der Waals surface area contributed by atoms with Gasteiger partial charge in [-0.1, -0.05) is 60.7 Å². The second-order valence-corrected chi connectivity index (χ2v) is 10.9. The van der Waals surface area contributed by atoms with Crippen molar-refractivity contribution in [1.29, 1.82) is 0 Å². The molecule has 0 aliphatic rings. The number of aromatic nitrogens is 5. The summed E-state index contributed by atoms with van der Waals surface area (Å²) < 4.78 is 7.20. The molecule has 0 saturated carbocycles. The number of hydrogen-bond acceptors (Lipinski definition) is 6. The van der Waals surface area contributed by atoms with Crippen LogP contribution in [0, 0.1) is 6.92 Å². The Morgan fingerprint density at radius 2 is 1.64 bits per heavy atom. The first-order chi connectivity index (χ1) is 18.7. The van der Waals surface area contributed by atoms with Gasteiger partial charge < -0.3 is 9.72 Å². The number of tetrazole rings is 1. The highest BCUT2D eigenvalue weighted by atomic mass is 16.5. The summed E-state index contributed by atoms with van der Waals surface area (Å²) in [6, 6.07) is 25.8. The summed E-state index contributed by atoms with van der Waals surface area (Å²) in [6.45, 7) is 9.32. The molecule has 0 amide bonds. The molecule has 0 saturated heterocycles. The molecule has 200 valence electrons. The number of rotatable bonds is 8. The molecule has 3 aromatic carbocycles. The van der Waals surface area contributed by atoms with E-state index in [9.17, 15) is 4.79 Å². The topological polar surface area (TPSA) is 88.9 Å². The second kappa shape index (κ2) is 10.8. The molecule has 0 spiro atoms. The quantitative estimate of drug-likeness (QED) is 0.294. The molecule has 0 bridgehead atoms. The van der Waals surface area contributed by atoms with Crippen molar-refractivity contribution in [1.82, 2.24) is 30.1 Å². The number of fused-ring (bicyclic) bond motifs is 1. The van der Waals surface area contributed by atoms with Gasteiger partial charge in [0, 0.05) is 18.7 Å². The average Bonchev–Trinajstić information content (AvgIpc) is 3.41. The van der Waals surface area contributed by atoms with Crippen LogP contribution in [0.5, 0.6) is 5.75 Å². The van der Waals surface area contributed by atoms with Gasteiger partial charge in [-0.15, -0.1) is 5.10 Å². The zero-order chi connectivity index (χ0) is 27.6. The van der Waals surface area contributed by atoms with E-state index in [1.54, 1.807) is 7.11 Å². The van der Waals surface area contributed by atoms with Gasteiger partial charge >= 0.3 is 0 Å². The number of pyridine rings is 1. The van der Waals surface area contributed by atoms with Crippen molar-refractivity contribution >= 4 is 10.9 Å². The van der Waals surface area contributed by atoms with Gasteiger partial charge in [-0.05, 0) is 78.4 Å². The van der Waals surface area contributed by atoms with Crippen LogP contribution in [0.25, 0.3) is 10.9 Å².